The first-order valence-corrected chi connectivity index (χ1v) is 10.2. The highest BCUT2D eigenvalue weighted by molar-refractivity contribution is 7.80. The van der Waals surface area contributed by atoms with Crippen LogP contribution in [0, 0.1) is 0 Å². The summed E-state index contributed by atoms with van der Waals surface area (Å²) in [5, 5.41) is 7.41. The standard InChI is InChI=1S/C22H30N4OS/c1-17(23-22(28)24-19-9-11-20(27-3)12-10-19)21(18-7-5-4-6-8-18)26-15-13-25(2)14-16-26/h4-12,17,21H,13-16H2,1-3H3,(H2,23,24,28). The van der Waals surface area contributed by atoms with E-state index in [9.17, 15) is 0 Å². The maximum Gasteiger partial charge on any atom is 0.171 e. The summed E-state index contributed by atoms with van der Waals surface area (Å²) in [4.78, 5) is 4.94. The lowest BCUT2D eigenvalue weighted by molar-refractivity contribution is 0.0973. The van der Waals surface area contributed by atoms with Crippen molar-refractivity contribution >= 4 is 23.0 Å². The molecule has 6 heteroatoms. The predicted octanol–water partition coefficient (Wildman–Crippen LogP) is 3.36. The molecule has 1 fully saturated rings. The van der Waals surface area contributed by atoms with Crippen molar-refractivity contribution in [3.05, 3.63) is 60.2 Å². The molecule has 28 heavy (non-hydrogen) atoms. The van der Waals surface area contributed by atoms with E-state index in [0.29, 0.717) is 5.11 Å². The third-order valence-electron chi connectivity index (χ3n) is 5.25. The van der Waals surface area contributed by atoms with Gasteiger partial charge in [0, 0.05) is 37.9 Å². The number of thiocarbonyl (C=S) groups is 1. The van der Waals surface area contributed by atoms with Crippen LogP contribution in [0.4, 0.5) is 5.69 Å². The number of hydrogen-bond acceptors (Lipinski definition) is 4. The monoisotopic (exact) mass is 398 g/mol. The molecule has 2 unspecified atom stereocenters. The second kappa shape index (κ2) is 9.87. The van der Waals surface area contributed by atoms with Crippen LogP contribution in [0.1, 0.15) is 18.5 Å². The number of nitrogens with one attached hydrogen (secondary N) is 2. The number of ether oxygens (including phenoxy) is 1. The maximum atomic E-state index is 5.58. The van der Waals surface area contributed by atoms with E-state index in [4.69, 9.17) is 17.0 Å². The second-order valence-corrected chi connectivity index (χ2v) is 7.72. The first-order valence-electron chi connectivity index (χ1n) is 9.76. The number of methoxy groups -OCH3 is 1. The zero-order valence-electron chi connectivity index (χ0n) is 16.9. The largest absolute Gasteiger partial charge is 0.497 e. The van der Waals surface area contributed by atoms with Crippen LogP contribution >= 0.6 is 12.2 Å². The van der Waals surface area contributed by atoms with E-state index < -0.39 is 0 Å². The van der Waals surface area contributed by atoms with Crippen LogP contribution in [-0.4, -0.2) is 61.3 Å². The van der Waals surface area contributed by atoms with Crippen LogP contribution in [-0.2, 0) is 0 Å². The summed E-state index contributed by atoms with van der Waals surface area (Å²) in [6.07, 6.45) is 0. The first-order chi connectivity index (χ1) is 13.6. The van der Waals surface area contributed by atoms with Crippen LogP contribution < -0.4 is 15.4 Å². The molecule has 2 aromatic carbocycles. The molecule has 0 spiro atoms. The molecule has 0 saturated carbocycles. The molecule has 1 heterocycles. The Morgan fingerprint density at radius 1 is 1.00 bits per heavy atom. The van der Waals surface area contributed by atoms with Gasteiger partial charge in [0.1, 0.15) is 5.75 Å². The zero-order valence-corrected chi connectivity index (χ0v) is 17.7. The topological polar surface area (TPSA) is 39.8 Å². The van der Waals surface area contributed by atoms with Gasteiger partial charge >= 0.3 is 0 Å². The van der Waals surface area contributed by atoms with Gasteiger partial charge in [-0.3, -0.25) is 4.90 Å². The van der Waals surface area contributed by atoms with Gasteiger partial charge in [0.25, 0.3) is 0 Å². The van der Waals surface area contributed by atoms with Gasteiger partial charge < -0.3 is 20.3 Å². The van der Waals surface area contributed by atoms with Gasteiger partial charge in [-0.15, -0.1) is 0 Å². The van der Waals surface area contributed by atoms with E-state index in [1.165, 1.54) is 5.56 Å². The summed E-state index contributed by atoms with van der Waals surface area (Å²) in [5.41, 5.74) is 2.26. The first kappa shape index (κ1) is 20.6. The lowest BCUT2D eigenvalue weighted by Gasteiger charge is -2.41. The Morgan fingerprint density at radius 2 is 1.64 bits per heavy atom. The Bertz CT molecular complexity index is 745. The smallest absolute Gasteiger partial charge is 0.171 e. The minimum absolute atomic E-state index is 0.170. The fourth-order valence-electron chi connectivity index (χ4n) is 3.69. The molecule has 1 aliphatic heterocycles. The molecule has 0 amide bonds. The van der Waals surface area contributed by atoms with Gasteiger partial charge in [-0.2, -0.15) is 0 Å². The summed E-state index contributed by atoms with van der Waals surface area (Å²) in [7, 11) is 3.85. The Morgan fingerprint density at radius 3 is 2.25 bits per heavy atom. The molecule has 2 N–H and O–H groups in total. The lowest BCUT2D eigenvalue weighted by atomic mass is 9.98. The maximum absolute atomic E-state index is 5.58. The van der Waals surface area contributed by atoms with Crippen molar-refractivity contribution in [1.29, 1.82) is 0 Å². The number of piperazine rings is 1. The van der Waals surface area contributed by atoms with E-state index in [1.807, 2.05) is 24.3 Å². The van der Waals surface area contributed by atoms with E-state index >= 15 is 0 Å². The summed E-state index contributed by atoms with van der Waals surface area (Å²) >= 11 is 5.58. The molecule has 1 aliphatic rings. The lowest BCUT2D eigenvalue weighted by Crippen LogP contribution is -2.52. The summed E-state index contributed by atoms with van der Waals surface area (Å²) in [6, 6.07) is 18.9. The molecule has 1 saturated heterocycles. The number of nitrogens with zero attached hydrogens (tertiary/aromatic N) is 2. The number of rotatable bonds is 6. The SMILES string of the molecule is COc1ccc(NC(=S)NC(C)C(c2ccccc2)N2CCN(C)CC2)cc1. The fourth-order valence-corrected chi connectivity index (χ4v) is 4.00. The molecule has 2 aromatic rings. The number of anilines is 1. The minimum Gasteiger partial charge on any atom is -0.497 e. The van der Waals surface area contributed by atoms with Crippen LogP contribution in [0.25, 0.3) is 0 Å². The highest BCUT2D eigenvalue weighted by atomic mass is 32.1. The minimum atomic E-state index is 0.170. The van der Waals surface area contributed by atoms with Gasteiger partial charge in [0.15, 0.2) is 5.11 Å². The predicted molar refractivity (Wildman–Crippen MR) is 120 cm³/mol. The molecular formula is C22H30N4OS. The van der Waals surface area contributed by atoms with E-state index in [1.54, 1.807) is 7.11 Å². The fraction of sp³-hybridized carbons (Fsp3) is 0.409. The quantitative estimate of drug-likeness (QED) is 0.727. The molecule has 3 rings (SSSR count). The summed E-state index contributed by atoms with van der Waals surface area (Å²) in [5.74, 6) is 0.831. The average Bonchev–Trinajstić information content (AvgIpc) is 2.71. The van der Waals surface area contributed by atoms with Gasteiger partial charge in [-0.25, -0.2) is 0 Å². The van der Waals surface area contributed by atoms with Gasteiger partial charge in [-0.1, -0.05) is 30.3 Å². The van der Waals surface area contributed by atoms with Crippen molar-refractivity contribution in [2.75, 3.05) is 45.7 Å². The van der Waals surface area contributed by atoms with Crippen molar-refractivity contribution in [3.63, 3.8) is 0 Å². The molecule has 0 aliphatic carbocycles. The van der Waals surface area contributed by atoms with Crippen molar-refractivity contribution in [2.24, 2.45) is 0 Å². The molecular weight excluding hydrogens is 368 g/mol. The van der Waals surface area contributed by atoms with Crippen LogP contribution in [0.15, 0.2) is 54.6 Å². The Hall–Kier alpha value is -2.15. The number of likely N-dealkylation sites (N-methyl/N-ethyl adjacent to an activating group) is 1. The molecule has 0 radical (unpaired) electrons. The highest BCUT2D eigenvalue weighted by Crippen LogP contribution is 2.26. The summed E-state index contributed by atoms with van der Waals surface area (Å²) < 4.78 is 5.21. The van der Waals surface area contributed by atoms with Crippen molar-refractivity contribution < 1.29 is 4.74 Å². The third kappa shape index (κ3) is 5.44. The third-order valence-corrected chi connectivity index (χ3v) is 5.47. The normalized spacial score (nSPS) is 17.5. The van der Waals surface area contributed by atoms with Crippen LogP contribution in [0.2, 0.25) is 0 Å². The number of hydrogen-bond donors (Lipinski definition) is 2. The Kier molecular flexibility index (Phi) is 7.25. The Labute approximate surface area is 173 Å². The van der Waals surface area contributed by atoms with Crippen molar-refractivity contribution in [3.8, 4) is 5.75 Å². The second-order valence-electron chi connectivity index (χ2n) is 7.31. The van der Waals surface area contributed by atoms with E-state index in [-0.39, 0.29) is 12.1 Å². The van der Waals surface area contributed by atoms with E-state index in [0.717, 1.165) is 37.6 Å². The van der Waals surface area contributed by atoms with Crippen LogP contribution in [0.3, 0.4) is 0 Å². The number of benzene rings is 2. The van der Waals surface area contributed by atoms with Gasteiger partial charge in [0.2, 0.25) is 0 Å². The molecule has 0 bridgehead atoms. The van der Waals surface area contributed by atoms with Crippen molar-refractivity contribution in [2.45, 2.75) is 19.0 Å². The Balaban J connectivity index is 1.67. The van der Waals surface area contributed by atoms with Gasteiger partial charge in [0.05, 0.1) is 13.2 Å². The average molecular weight is 399 g/mol. The molecule has 150 valence electrons. The highest BCUT2D eigenvalue weighted by Gasteiger charge is 2.28. The molecule has 2 atom stereocenters. The van der Waals surface area contributed by atoms with Crippen molar-refractivity contribution in [1.82, 2.24) is 15.1 Å². The zero-order chi connectivity index (χ0) is 19.9. The van der Waals surface area contributed by atoms with E-state index in [2.05, 4.69) is 64.7 Å². The molecule has 5 nitrogen and oxygen atoms in total. The molecule has 0 aromatic heterocycles. The summed E-state index contributed by atoms with van der Waals surface area (Å²) in [6.45, 7) is 6.49. The van der Waals surface area contributed by atoms with Gasteiger partial charge in [-0.05, 0) is 56.0 Å². The van der Waals surface area contributed by atoms with Crippen LogP contribution in [0.5, 0.6) is 5.75 Å².